The van der Waals surface area contributed by atoms with E-state index in [9.17, 15) is 9.59 Å². The summed E-state index contributed by atoms with van der Waals surface area (Å²) in [6.45, 7) is 0. The summed E-state index contributed by atoms with van der Waals surface area (Å²) in [6.07, 6.45) is 0.686. The first-order chi connectivity index (χ1) is 19.1. The smallest absolute Gasteiger partial charge is 0.262 e. The molecule has 0 saturated heterocycles. The van der Waals surface area contributed by atoms with Crippen LogP contribution in [0, 0.1) is 0 Å². The van der Waals surface area contributed by atoms with Gasteiger partial charge in [0.05, 0.1) is 18.9 Å². The fraction of sp³-hybridized carbons (Fsp3) is 0.161. The highest BCUT2D eigenvalue weighted by Gasteiger charge is 2.39. The van der Waals surface area contributed by atoms with E-state index in [1.54, 1.807) is 7.11 Å². The number of fused-ring (bicyclic) bond motifs is 1. The van der Waals surface area contributed by atoms with Gasteiger partial charge in [-0.15, -0.1) is 0 Å². The summed E-state index contributed by atoms with van der Waals surface area (Å²) >= 11 is 1.29. The van der Waals surface area contributed by atoms with Crippen LogP contribution in [0.4, 0.5) is 5.69 Å². The molecular weight excluding hydrogens is 508 g/mol. The van der Waals surface area contributed by atoms with E-state index in [0.717, 1.165) is 28.0 Å². The van der Waals surface area contributed by atoms with Gasteiger partial charge in [0.15, 0.2) is 5.17 Å². The van der Waals surface area contributed by atoms with Gasteiger partial charge in [-0.25, -0.2) is 5.01 Å². The molecule has 39 heavy (non-hydrogen) atoms. The second-order valence-corrected chi connectivity index (χ2v) is 10.6. The number of carbonyl (C=O) groups excluding carboxylic acids is 2. The van der Waals surface area contributed by atoms with E-state index in [-0.39, 0.29) is 24.3 Å². The highest BCUT2D eigenvalue weighted by Crippen LogP contribution is 2.39. The molecule has 0 aliphatic carbocycles. The van der Waals surface area contributed by atoms with E-state index in [2.05, 4.69) is 40.6 Å². The molecule has 8 heteroatoms. The monoisotopic (exact) mass is 534 g/mol. The van der Waals surface area contributed by atoms with Gasteiger partial charge < -0.3 is 10.1 Å². The lowest BCUT2D eigenvalue weighted by atomic mass is 9.97. The van der Waals surface area contributed by atoms with Crippen molar-refractivity contribution in [2.24, 2.45) is 10.1 Å². The third-order valence-corrected chi connectivity index (χ3v) is 7.99. The van der Waals surface area contributed by atoms with Gasteiger partial charge in [-0.1, -0.05) is 78.5 Å². The van der Waals surface area contributed by atoms with Crippen LogP contribution in [0.25, 0.3) is 10.8 Å². The summed E-state index contributed by atoms with van der Waals surface area (Å²) in [4.78, 5) is 29.9. The van der Waals surface area contributed by atoms with Gasteiger partial charge in [-0.2, -0.15) is 10.1 Å². The van der Waals surface area contributed by atoms with E-state index in [1.807, 2.05) is 71.7 Å². The molecule has 0 spiro atoms. The van der Waals surface area contributed by atoms with Gasteiger partial charge >= 0.3 is 0 Å². The number of methoxy groups -OCH3 is 1. The van der Waals surface area contributed by atoms with Crippen molar-refractivity contribution >= 4 is 50.9 Å². The number of anilines is 1. The number of amidine groups is 1. The summed E-state index contributed by atoms with van der Waals surface area (Å²) in [5, 5.41) is 11.9. The predicted octanol–water partition coefficient (Wildman–Crippen LogP) is 6.03. The van der Waals surface area contributed by atoms with E-state index in [0.29, 0.717) is 17.3 Å². The third kappa shape index (κ3) is 5.28. The number of nitrogens with one attached hydrogen (secondary N) is 1. The fourth-order valence-corrected chi connectivity index (χ4v) is 5.88. The van der Waals surface area contributed by atoms with E-state index in [1.165, 1.54) is 17.1 Å². The molecule has 2 atom stereocenters. The van der Waals surface area contributed by atoms with Gasteiger partial charge in [-0.05, 0) is 52.2 Å². The average Bonchev–Trinajstić information content (AvgIpc) is 3.57. The molecule has 2 aliphatic rings. The molecule has 2 amide bonds. The minimum atomic E-state index is -0.597. The van der Waals surface area contributed by atoms with Crippen LogP contribution in [0.3, 0.4) is 0 Å². The first-order valence-corrected chi connectivity index (χ1v) is 13.6. The molecule has 4 aromatic carbocycles. The molecule has 2 aliphatic heterocycles. The highest BCUT2D eigenvalue weighted by molar-refractivity contribution is 8.15. The largest absolute Gasteiger partial charge is 0.497 e. The maximum atomic E-state index is 12.9. The lowest BCUT2D eigenvalue weighted by Gasteiger charge is -2.23. The number of aliphatic imine (C=N–C) groups is 1. The maximum Gasteiger partial charge on any atom is 0.262 e. The number of carbonyl (C=O) groups is 2. The van der Waals surface area contributed by atoms with Gasteiger partial charge in [0.2, 0.25) is 5.91 Å². The van der Waals surface area contributed by atoms with Crippen LogP contribution in [-0.2, 0) is 9.59 Å². The zero-order valence-corrected chi connectivity index (χ0v) is 22.1. The molecule has 0 bridgehead atoms. The number of hydrogen-bond donors (Lipinski definition) is 1. The van der Waals surface area contributed by atoms with Crippen LogP contribution in [0.2, 0.25) is 0 Å². The summed E-state index contributed by atoms with van der Waals surface area (Å²) < 4.78 is 5.34. The Labute approximate surface area is 230 Å². The molecule has 0 radical (unpaired) electrons. The summed E-state index contributed by atoms with van der Waals surface area (Å²) in [5.41, 5.74) is 3.69. The Morgan fingerprint density at radius 2 is 1.72 bits per heavy atom. The summed E-state index contributed by atoms with van der Waals surface area (Å²) in [6, 6.07) is 31.5. The zero-order chi connectivity index (χ0) is 26.8. The predicted molar refractivity (Wildman–Crippen MR) is 156 cm³/mol. The number of hydrogen-bond acceptors (Lipinski definition) is 6. The van der Waals surface area contributed by atoms with E-state index >= 15 is 0 Å². The van der Waals surface area contributed by atoms with Crippen molar-refractivity contribution in [3.63, 3.8) is 0 Å². The number of thioether (sulfide) groups is 1. The van der Waals surface area contributed by atoms with Crippen molar-refractivity contribution in [3.05, 3.63) is 108 Å². The van der Waals surface area contributed by atoms with Crippen LogP contribution in [0.5, 0.6) is 5.75 Å². The minimum absolute atomic E-state index is 0.0354. The minimum Gasteiger partial charge on any atom is -0.497 e. The fourth-order valence-electron chi connectivity index (χ4n) is 4.82. The van der Waals surface area contributed by atoms with Crippen molar-refractivity contribution in [2.75, 3.05) is 12.4 Å². The van der Waals surface area contributed by atoms with Gasteiger partial charge in [0.25, 0.3) is 5.91 Å². The molecular formula is C31H26N4O3S. The molecule has 0 saturated carbocycles. The SMILES string of the molecule is COc1ccc(C2CC(c3ccc4ccccc4c3)=NN2C2=NC(=O)C(CC(=O)Nc3ccccc3)S2)cc1. The standard InChI is InChI=1S/C31H26N4O3S/c1-38-25-15-13-21(14-16-25)27-18-26(23-12-11-20-7-5-6-8-22(20)17-23)34-35(27)31-33-30(37)28(39-31)19-29(36)32-24-9-3-2-4-10-24/h2-17,27-28H,18-19H2,1H3,(H,32,36). The van der Waals surface area contributed by atoms with Crippen LogP contribution in [-0.4, -0.2) is 40.1 Å². The number of para-hydroxylation sites is 1. The summed E-state index contributed by atoms with van der Waals surface area (Å²) in [7, 11) is 1.64. The van der Waals surface area contributed by atoms with Crippen LogP contribution in [0.15, 0.2) is 107 Å². The van der Waals surface area contributed by atoms with Crippen LogP contribution < -0.4 is 10.1 Å². The van der Waals surface area contributed by atoms with E-state index in [4.69, 9.17) is 9.84 Å². The quantitative estimate of drug-likeness (QED) is 0.327. The molecule has 4 aromatic rings. The maximum absolute atomic E-state index is 12.9. The van der Waals surface area contributed by atoms with Crippen molar-refractivity contribution in [1.82, 2.24) is 5.01 Å². The van der Waals surface area contributed by atoms with Crippen molar-refractivity contribution in [1.29, 1.82) is 0 Å². The first-order valence-electron chi connectivity index (χ1n) is 12.7. The Hall–Kier alpha value is -4.43. The lowest BCUT2D eigenvalue weighted by Crippen LogP contribution is -2.25. The zero-order valence-electron chi connectivity index (χ0n) is 21.3. The van der Waals surface area contributed by atoms with Crippen LogP contribution in [0.1, 0.15) is 30.0 Å². The third-order valence-electron chi connectivity index (χ3n) is 6.85. The van der Waals surface area contributed by atoms with Gasteiger partial charge in [-0.3, -0.25) is 9.59 Å². The second kappa shape index (κ2) is 10.7. The number of benzene rings is 4. The molecule has 7 nitrogen and oxygen atoms in total. The Balaban J connectivity index is 1.26. The number of nitrogens with zero attached hydrogens (tertiary/aromatic N) is 3. The van der Waals surface area contributed by atoms with Gasteiger partial charge in [0, 0.05) is 18.5 Å². The average molecular weight is 535 g/mol. The van der Waals surface area contributed by atoms with Crippen molar-refractivity contribution in [3.8, 4) is 5.75 Å². The van der Waals surface area contributed by atoms with Crippen molar-refractivity contribution < 1.29 is 14.3 Å². The molecule has 194 valence electrons. The Morgan fingerprint density at radius 3 is 2.49 bits per heavy atom. The lowest BCUT2D eigenvalue weighted by molar-refractivity contribution is -0.121. The second-order valence-electron chi connectivity index (χ2n) is 9.40. The highest BCUT2D eigenvalue weighted by atomic mass is 32.2. The number of amides is 2. The molecule has 0 aromatic heterocycles. The number of hydrazone groups is 1. The Kier molecular flexibility index (Phi) is 6.85. The van der Waals surface area contributed by atoms with Crippen LogP contribution >= 0.6 is 11.8 Å². The Morgan fingerprint density at radius 1 is 0.974 bits per heavy atom. The number of ether oxygens (including phenoxy) is 1. The van der Waals surface area contributed by atoms with Gasteiger partial charge in [0.1, 0.15) is 11.0 Å². The topological polar surface area (TPSA) is 83.4 Å². The molecule has 1 N–H and O–H groups in total. The molecule has 0 fully saturated rings. The van der Waals surface area contributed by atoms with Crippen molar-refractivity contribution in [2.45, 2.75) is 24.1 Å². The first kappa shape index (κ1) is 24.9. The normalized spacial score (nSPS) is 18.7. The molecule has 2 unspecified atom stereocenters. The summed E-state index contributed by atoms with van der Waals surface area (Å²) in [5.74, 6) is 0.226. The van der Waals surface area contributed by atoms with E-state index < -0.39 is 5.25 Å². The Bertz CT molecular complexity index is 1600. The molecule has 6 rings (SSSR count). The number of rotatable bonds is 6. The molecule has 2 heterocycles.